The van der Waals surface area contributed by atoms with Gasteiger partial charge in [-0.3, -0.25) is 0 Å². The highest BCUT2D eigenvalue weighted by Crippen LogP contribution is 2.16. The standard InChI is InChI=1S/C12H13N3O2/c1-3-15(2)12-13-7-9-6-8(11(16)17)4-5-10(9)14-12/h4-7H,3H2,1-2H3,(H,16,17). The van der Waals surface area contributed by atoms with Crippen molar-refractivity contribution in [3.8, 4) is 0 Å². The average molecular weight is 231 g/mol. The van der Waals surface area contributed by atoms with Crippen molar-refractivity contribution in [1.82, 2.24) is 9.97 Å². The molecule has 0 bridgehead atoms. The highest BCUT2D eigenvalue weighted by atomic mass is 16.4. The number of fused-ring (bicyclic) bond motifs is 1. The van der Waals surface area contributed by atoms with Gasteiger partial charge in [-0.05, 0) is 25.1 Å². The fourth-order valence-corrected chi connectivity index (χ4v) is 1.48. The van der Waals surface area contributed by atoms with Crippen LogP contribution in [-0.2, 0) is 0 Å². The molecule has 0 amide bonds. The van der Waals surface area contributed by atoms with Gasteiger partial charge in [0.1, 0.15) is 0 Å². The molecule has 17 heavy (non-hydrogen) atoms. The smallest absolute Gasteiger partial charge is 0.335 e. The predicted octanol–water partition coefficient (Wildman–Crippen LogP) is 1.78. The van der Waals surface area contributed by atoms with Crippen LogP contribution in [0.5, 0.6) is 0 Å². The molecule has 1 N–H and O–H groups in total. The zero-order valence-electron chi connectivity index (χ0n) is 9.71. The van der Waals surface area contributed by atoms with Crippen LogP contribution in [0.2, 0.25) is 0 Å². The molecule has 1 aromatic carbocycles. The minimum absolute atomic E-state index is 0.248. The number of hydrogen-bond donors (Lipinski definition) is 1. The van der Waals surface area contributed by atoms with Crippen LogP contribution in [0, 0.1) is 0 Å². The van der Waals surface area contributed by atoms with Crippen LogP contribution < -0.4 is 4.90 Å². The second-order valence-corrected chi connectivity index (χ2v) is 3.76. The van der Waals surface area contributed by atoms with Crippen molar-refractivity contribution < 1.29 is 9.90 Å². The summed E-state index contributed by atoms with van der Waals surface area (Å²) in [6, 6.07) is 4.83. The van der Waals surface area contributed by atoms with Crippen LogP contribution in [0.15, 0.2) is 24.4 Å². The number of carbonyl (C=O) groups is 1. The van der Waals surface area contributed by atoms with Crippen molar-refractivity contribution in [3.63, 3.8) is 0 Å². The number of nitrogens with zero attached hydrogens (tertiary/aromatic N) is 3. The lowest BCUT2D eigenvalue weighted by molar-refractivity contribution is 0.0697. The molecular formula is C12H13N3O2. The molecule has 0 radical (unpaired) electrons. The van der Waals surface area contributed by atoms with Gasteiger partial charge in [0.05, 0.1) is 11.1 Å². The maximum Gasteiger partial charge on any atom is 0.335 e. The second kappa shape index (κ2) is 4.37. The first-order valence-electron chi connectivity index (χ1n) is 5.33. The number of rotatable bonds is 3. The van der Waals surface area contributed by atoms with E-state index in [0.717, 1.165) is 17.4 Å². The highest BCUT2D eigenvalue weighted by Gasteiger charge is 2.07. The van der Waals surface area contributed by atoms with E-state index in [4.69, 9.17) is 5.11 Å². The van der Waals surface area contributed by atoms with Crippen molar-refractivity contribution >= 4 is 22.8 Å². The van der Waals surface area contributed by atoms with Crippen molar-refractivity contribution in [3.05, 3.63) is 30.0 Å². The molecule has 0 saturated heterocycles. The van der Waals surface area contributed by atoms with Crippen LogP contribution in [0.1, 0.15) is 17.3 Å². The van der Waals surface area contributed by atoms with Crippen LogP contribution in [-0.4, -0.2) is 34.6 Å². The van der Waals surface area contributed by atoms with Gasteiger partial charge in [0.2, 0.25) is 5.95 Å². The van der Waals surface area contributed by atoms with Gasteiger partial charge in [0, 0.05) is 25.2 Å². The summed E-state index contributed by atoms with van der Waals surface area (Å²) in [6.45, 7) is 2.83. The molecule has 0 saturated carbocycles. The Balaban J connectivity index is 2.50. The Hall–Kier alpha value is -2.17. The molecule has 5 nitrogen and oxygen atoms in total. The minimum Gasteiger partial charge on any atom is -0.478 e. The third-order valence-corrected chi connectivity index (χ3v) is 2.63. The van der Waals surface area contributed by atoms with E-state index in [9.17, 15) is 4.79 Å². The molecular weight excluding hydrogens is 218 g/mol. The van der Waals surface area contributed by atoms with Gasteiger partial charge in [0.25, 0.3) is 0 Å². The Morgan fingerprint density at radius 1 is 1.47 bits per heavy atom. The van der Waals surface area contributed by atoms with E-state index in [1.54, 1.807) is 24.4 Å². The Kier molecular flexibility index (Phi) is 2.91. The molecule has 5 heteroatoms. The first-order valence-corrected chi connectivity index (χ1v) is 5.33. The molecule has 0 unspecified atom stereocenters. The number of carboxylic acids is 1. The van der Waals surface area contributed by atoms with Crippen molar-refractivity contribution in [2.75, 3.05) is 18.5 Å². The zero-order chi connectivity index (χ0) is 12.4. The van der Waals surface area contributed by atoms with Crippen LogP contribution in [0.25, 0.3) is 10.9 Å². The van der Waals surface area contributed by atoms with Gasteiger partial charge >= 0.3 is 5.97 Å². The largest absolute Gasteiger partial charge is 0.478 e. The van der Waals surface area contributed by atoms with Gasteiger partial charge in [-0.15, -0.1) is 0 Å². The topological polar surface area (TPSA) is 66.3 Å². The van der Waals surface area contributed by atoms with Crippen LogP contribution in [0.4, 0.5) is 5.95 Å². The summed E-state index contributed by atoms with van der Waals surface area (Å²) in [4.78, 5) is 21.3. The van der Waals surface area contributed by atoms with E-state index in [2.05, 4.69) is 9.97 Å². The van der Waals surface area contributed by atoms with E-state index in [-0.39, 0.29) is 5.56 Å². The summed E-state index contributed by atoms with van der Waals surface area (Å²) in [5.41, 5.74) is 0.998. The molecule has 0 aliphatic heterocycles. The number of benzene rings is 1. The maximum atomic E-state index is 10.8. The number of hydrogen-bond acceptors (Lipinski definition) is 4. The van der Waals surface area contributed by atoms with Gasteiger partial charge in [-0.2, -0.15) is 0 Å². The molecule has 1 heterocycles. The van der Waals surface area contributed by atoms with Crippen molar-refractivity contribution in [1.29, 1.82) is 0 Å². The van der Waals surface area contributed by atoms with Gasteiger partial charge in [-0.1, -0.05) is 0 Å². The quantitative estimate of drug-likeness (QED) is 0.872. The SMILES string of the molecule is CCN(C)c1ncc2cc(C(=O)O)ccc2n1. The van der Waals surface area contributed by atoms with Gasteiger partial charge in [-0.25, -0.2) is 14.8 Å². The number of carboxylic acid groups (broad SMARTS) is 1. The predicted molar refractivity (Wildman–Crippen MR) is 65.4 cm³/mol. The minimum atomic E-state index is -0.943. The summed E-state index contributed by atoms with van der Waals surface area (Å²) >= 11 is 0. The normalized spacial score (nSPS) is 10.5. The second-order valence-electron chi connectivity index (χ2n) is 3.76. The Morgan fingerprint density at radius 2 is 2.24 bits per heavy atom. The van der Waals surface area contributed by atoms with E-state index in [0.29, 0.717) is 5.95 Å². The fourth-order valence-electron chi connectivity index (χ4n) is 1.48. The lowest BCUT2D eigenvalue weighted by Crippen LogP contribution is -2.18. The first-order chi connectivity index (χ1) is 8.11. The molecule has 0 atom stereocenters. The fraction of sp³-hybridized carbons (Fsp3) is 0.250. The lowest BCUT2D eigenvalue weighted by atomic mass is 10.1. The highest BCUT2D eigenvalue weighted by molar-refractivity contribution is 5.93. The monoisotopic (exact) mass is 231 g/mol. The van der Waals surface area contributed by atoms with E-state index in [1.807, 2.05) is 18.9 Å². The lowest BCUT2D eigenvalue weighted by Gasteiger charge is -2.14. The average Bonchev–Trinajstić information content (AvgIpc) is 2.36. The molecule has 0 aliphatic carbocycles. The van der Waals surface area contributed by atoms with Crippen molar-refractivity contribution in [2.24, 2.45) is 0 Å². The van der Waals surface area contributed by atoms with Crippen LogP contribution >= 0.6 is 0 Å². The van der Waals surface area contributed by atoms with Crippen molar-refractivity contribution in [2.45, 2.75) is 6.92 Å². The summed E-state index contributed by atoms with van der Waals surface area (Å²) in [6.07, 6.45) is 1.65. The summed E-state index contributed by atoms with van der Waals surface area (Å²) in [5, 5.41) is 9.61. The molecule has 0 aliphatic rings. The Labute approximate surface area is 98.7 Å². The first kappa shape index (κ1) is 11.3. The molecule has 2 aromatic rings. The molecule has 2 rings (SSSR count). The number of aromatic nitrogens is 2. The molecule has 0 spiro atoms. The third-order valence-electron chi connectivity index (χ3n) is 2.63. The van der Waals surface area contributed by atoms with E-state index in [1.165, 1.54) is 0 Å². The number of aromatic carboxylic acids is 1. The van der Waals surface area contributed by atoms with E-state index >= 15 is 0 Å². The number of anilines is 1. The Bertz CT molecular complexity index is 569. The summed E-state index contributed by atoms with van der Waals surface area (Å²) in [7, 11) is 1.91. The molecule has 88 valence electrons. The van der Waals surface area contributed by atoms with E-state index < -0.39 is 5.97 Å². The summed E-state index contributed by atoms with van der Waals surface area (Å²) in [5.74, 6) is -0.301. The van der Waals surface area contributed by atoms with Gasteiger partial charge in [0.15, 0.2) is 0 Å². The Morgan fingerprint density at radius 3 is 2.88 bits per heavy atom. The van der Waals surface area contributed by atoms with Gasteiger partial charge < -0.3 is 10.0 Å². The van der Waals surface area contributed by atoms with Crippen LogP contribution in [0.3, 0.4) is 0 Å². The maximum absolute atomic E-state index is 10.8. The summed E-state index contributed by atoms with van der Waals surface area (Å²) < 4.78 is 0. The molecule has 0 fully saturated rings. The zero-order valence-corrected chi connectivity index (χ0v) is 9.71. The molecule has 1 aromatic heterocycles. The third kappa shape index (κ3) is 2.18.